The topological polar surface area (TPSA) is 54.4 Å². The summed E-state index contributed by atoms with van der Waals surface area (Å²) >= 11 is 0. The summed E-state index contributed by atoms with van der Waals surface area (Å²) in [5.74, 6) is 0.631. The largest absolute Gasteiger partial charge is 0.481 e. The van der Waals surface area contributed by atoms with Crippen LogP contribution in [0, 0.1) is 0 Å². The molecule has 1 aromatic carbocycles. The van der Waals surface area contributed by atoms with Crippen LogP contribution in [0.2, 0.25) is 0 Å². The number of aromatic nitrogens is 1. The molecule has 1 heterocycles. The van der Waals surface area contributed by atoms with Crippen LogP contribution >= 0.6 is 0 Å². The van der Waals surface area contributed by atoms with E-state index in [0.717, 1.165) is 24.2 Å². The normalized spacial score (nSPS) is 10.4. The number of pyridine rings is 1. The van der Waals surface area contributed by atoms with E-state index < -0.39 is 0 Å². The van der Waals surface area contributed by atoms with Crippen molar-refractivity contribution in [3.05, 3.63) is 59.3 Å². The molecule has 0 aliphatic carbocycles. The summed E-state index contributed by atoms with van der Waals surface area (Å²) in [6.07, 6.45) is 1.74. The monoisotopic (exact) mass is 258 g/mol. The third-order valence-electron chi connectivity index (χ3n) is 2.87. The molecule has 0 amide bonds. The van der Waals surface area contributed by atoms with E-state index in [1.54, 1.807) is 13.3 Å². The van der Waals surface area contributed by atoms with Crippen molar-refractivity contribution >= 4 is 0 Å². The maximum atomic E-state index is 8.97. The van der Waals surface area contributed by atoms with Crippen molar-refractivity contribution in [2.75, 3.05) is 7.11 Å². The molecule has 0 aliphatic rings. The van der Waals surface area contributed by atoms with Gasteiger partial charge in [0.2, 0.25) is 5.88 Å². The lowest BCUT2D eigenvalue weighted by Gasteiger charge is -2.07. The number of aliphatic hydroxyl groups excluding tert-OH is 1. The van der Waals surface area contributed by atoms with E-state index in [2.05, 4.69) is 10.3 Å². The highest BCUT2D eigenvalue weighted by Gasteiger charge is 1.98. The molecule has 0 saturated heterocycles. The summed E-state index contributed by atoms with van der Waals surface area (Å²) in [6, 6.07) is 11.8. The van der Waals surface area contributed by atoms with Crippen LogP contribution in [0.1, 0.15) is 16.7 Å². The molecule has 2 rings (SSSR count). The Hall–Kier alpha value is -1.91. The van der Waals surface area contributed by atoms with Gasteiger partial charge in [-0.05, 0) is 22.8 Å². The fraction of sp³-hybridized carbons (Fsp3) is 0.267. The van der Waals surface area contributed by atoms with Crippen LogP contribution in [-0.2, 0) is 19.7 Å². The van der Waals surface area contributed by atoms with Crippen molar-refractivity contribution in [2.45, 2.75) is 19.7 Å². The third kappa shape index (κ3) is 4.05. The zero-order valence-corrected chi connectivity index (χ0v) is 11.0. The van der Waals surface area contributed by atoms with Crippen LogP contribution in [0.4, 0.5) is 0 Å². The van der Waals surface area contributed by atoms with Crippen LogP contribution in [0.3, 0.4) is 0 Å². The lowest BCUT2D eigenvalue weighted by atomic mass is 10.1. The van der Waals surface area contributed by atoms with E-state index in [0.29, 0.717) is 5.88 Å². The molecule has 0 bridgehead atoms. The molecular formula is C15H18N2O2. The first-order valence-corrected chi connectivity index (χ1v) is 6.20. The molecule has 0 atom stereocenters. The van der Waals surface area contributed by atoms with Gasteiger partial charge >= 0.3 is 0 Å². The Labute approximate surface area is 113 Å². The molecule has 4 heteroatoms. The SMILES string of the molecule is COc1cc(CNCc2ccc(CO)cc2)ccn1. The van der Waals surface area contributed by atoms with Crippen LogP contribution in [0.25, 0.3) is 0 Å². The maximum absolute atomic E-state index is 8.97. The fourth-order valence-corrected chi connectivity index (χ4v) is 1.79. The number of hydrogen-bond donors (Lipinski definition) is 2. The van der Waals surface area contributed by atoms with Gasteiger partial charge in [0.1, 0.15) is 0 Å². The second-order valence-corrected chi connectivity index (χ2v) is 4.28. The minimum Gasteiger partial charge on any atom is -0.481 e. The second-order valence-electron chi connectivity index (χ2n) is 4.28. The predicted molar refractivity (Wildman–Crippen MR) is 73.7 cm³/mol. The zero-order valence-electron chi connectivity index (χ0n) is 11.0. The Morgan fingerprint density at radius 1 is 1.05 bits per heavy atom. The average Bonchev–Trinajstić information content (AvgIpc) is 2.48. The van der Waals surface area contributed by atoms with Crippen molar-refractivity contribution < 1.29 is 9.84 Å². The number of ether oxygens (including phenoxy) is 1. The van der Waals surface area contributed by atoms with Crippen molar-refractivity contribution in [3.8, 4) is 5.88 Å². The third-order valence-corrected chi connectivity index (χ3v) is 2.87. The summed E-state index contributed by atoms with van der Waals surface area (Å²) in [5.41, 5.74) is 3.26. The Kier molecular flexibility index (Phi) is 4.89. The molecule has 0 unspecified atom stereocenters. The lowest BCUT2D eigenvalue weighted by Crippen LogP contribution is -2.12. The molecule has 0 fully saturated rings. The molecule has 100 valence electrons. The van der Waals surface area contributed by atoms with Gasteiger partial charge in [0.15, 0.2) is 0 Å². The smallest absolute Gasteiger partial charge is 0.213 e. The lowest BCUT2D eigenvalue weighted by molar-refractivity contribution is 0.282. The number of aliphatic hydroxyl groups is 1. The minimum atomic E-state index is 0.0878. The van der Waals surface area contributed by atoms with Gasteiger partial charge in [0, 0.05) is 25.4 Å². The van der Waals surface area contributed by atoms with E-state index in [-0.39, 0.29) is 6.61 Å². The van der Waals surface area contributed by atoms with E-state index in [9.17, 15) is 0 Å². The summed E-state index contributed by atoms with van der Waals surface area (Å²) in [5, 5.41) is 12.3. The Morgan fingerprint density at radius 3 is 2.42 bits per heavy atom. The van der Waals surface area contributed by atoms with E-state index in [4.69, 9.17) is 9.84 Å². The van der Waals surface area contributed by atoms with Gasteiger partial charge in [0.05, 0.1) is 13.7 Å². The first kappa shape index (κ1) is 13.5. The van der Waals surface area contributed by atoms with Crippen LogP contribution < -0.4 is 10.1 Å². The molecule has 0 spiro atoms. The van der Waals surface area contributed by atoms with E-state index in [1.807, 2.05) is 36.4 Å². The van der Waals surface area contributed by atoms with Crippen LogP contribution in [0.5, 0.6) is 5.88 Å². The quantitative estimate of drug-likeness (QED) is 0.830. The first-order valence-electron chi connectivity index (χ1n) is 6.20. The van der Waals surface area contributed by atoms with Crippen LogP contribution in [-0.4, -0.2) is 17.2 Å². The van der Waals surface area contributed by atoms with Gasteiger partial charge in [-0.25, -0.2) is 4.98 Å². The van der Waals surface area contributed by atoms with Gasteiger partial charge in [-0.2, -0.15) is 0 Å². The molecule has 0 radical (unpaired) electrons. The maximum Gasteiger partial charge on any atom is 0.213 e. The van der Waals surface area contributed by atoms with Crippen molar-refractivity contribution in [3.63, 3.8) is 0 Å². The standard InChI is InChI=1S/C15H18N2O2/c1-19-15-8-14(6-7-17-15)10-16-9-12-2-4-13(11-18)5-3-12/h2-8,16,18H,9-11H2,1H3. The number of benzene rings is 1. The van der Waals surface area contributed by atoms with E-state index in [1.165, 1.54) is 5.56 Å². The first-order chi connectivity index (χ1) is 9.31. The zero-order chi connectivity index (χ0) is 13.5. The molecule has 0 saturated carbocycles. The van der Waals surface area contributed by atoms with Crippen LogP contribution in [0.15, 0.2) is 42.6 Å². The van der Waals surface area contributed by atoms with Gasteiger partial charge in [-0.15, -0.1) is 0 Å². The summed E-state index contributed by atoms with van der Waals surface area (Å²) in [6.45, 7) is 1.64. The van der Waals surface area contributed by atoms with Gasteiger partial charge < -0.3 is 15.2 Å². The number of nitrogens with one attached hydrogen (secondary N) is 1. The second kappa shape index (κ2) is 6.87. The highest BCUT2D eigenvalue weighted by atomic mass is 16.5. The Balaban J connectivity index is 1.85. The van der Waals surface area contributed by atoms with Gasteiger partial charge in [-0.1, -0.05) is 24.3 Å². The molecular weight excluding hydrogens is 240 g/mol. The van der Waals surface area contributed by atoms with Gasteiger partial charge in [-0.3, -0.25) is 0 Å². The average molecular weight is 258 g/mol. The molecule has 19 heavy (non-hydrogen) atoms. The number of methoxy groups -OCH3 is 1. The summed E-state index contributed by atoms with van der Waals surface area (Å²) in [7, 11) is 1.61. The minimum absolute atomic E-state index is 0.0878. The summed E-state index contributed by atoms with van der Waals surface area (Å²) < 4.78 is 5.08. The highest BCUT2D eigenvalue weighted by Crippen LogP contribution is 2.09. The molecule has 4 nitrogen and oxygen atoms in total. The fourth-order valence-electron chi connectivity index (χ4n) is 1.79. The number of hydrogen-bond acceptors (Lipinski definition) is 4. The number of nitrogens with zero attached hydrogens (tertiary/aromatic N) is 1. The number of rotatable bonds is 6. The Bertz CT molecular complexity index is 512. The van der Waals surface area contributed by atoms with Crippen molar-refractivity contribution in [1.82, 2.24) is 10.3 Å². The summed E-state index contributed by atoms with van der Waals surface area (Å²) in [4.78, 5) is 4.07. The molecule has 2 N–H and O–H groups in total. The predicted octanol–water partition coefficient (Wildman–Crippen LogP) is 1.87. The van der Waals surface area contributed by atoms with E-state index >= 15 is 0 Å². The van der Waals surface area contributed by atoms with Crippen molar-refractivity contribution in [1.29, 1.82) is 0 Å². The molecule has 0 aliphatic heterocycles. The molecule has 2 aromatic rings. The Morgan fingerprint density at radius 2 is 1.74 bits per heavy atom. The van der Waals surface area contributed by atoms with Crippen molar-refractivity contribution in [2.24, 2.45) is 0 Å². The molecule has 1 aromatic heterocycles. The highest BCUT2D eigenvalue weighted by molar-refractivity contribution is 5.23. The van der Waals surface area contributed by atoms with Gasteiger partial charge in [0.25, 0.3) is 0 Å².